The van der Waals surface area contributed by atoms with Crippen LogP contribution in [0.5, 0.6) is 0 Å². The van der Waals surface area contributed by atoms with E-state index in [9.17, 15) is 13.2 Å². The second kappa shape index (κ2) is 5.77. The van der Waals surface area contributed by atoms with E-state index >= 15 is 0 Å². The molecule has 0 heterocycles. The Kier molecular flexibility index (Phi) is 5.78. The summed E-state index contributed by atoms with van der Waals surface area (Å²) >= 11 is 3.11. The average Bonchev–Trinajstić information content (AvgIpc) is 1.88. The quantitative estimate of drug-likeness (QED) is 0.498. The summed E-state index contributed by atoms with van der Waals surface area (Å²) in [6.45, 7) is 0. The van der Waals surface area contributed by atoms with E-state index in [-0.39, 0.29) is 6.42 Å². The average molecular weight is 217 g/mol. The number of hydrogen-bond donors (Lipinski definition) is 0. The second-order valence-corrected chi connectivity index (χ2v) is 2.60. The Balaban J connectivity index is 3.40. The molecule has 0 amide bonds. The maximum Gasteiger partial charge on any atom is 0.301 e. The predicted octanol–water partition coefficient (Wildman–Crippen LogP) is 3.63. The zero-order chi connectivity index (χ0) is 7.98. The van der Waals surface area contributed by atoms with E-state index < -0.39 is 11.9 Å². The molecule has 0 radical (unpaired) electrons. The summed E-state index contributed by atoms with van der Waals surface area (Å²) in [6, 6.07) is 0. The molecule has 4 heteroatoms. The largest absolute Gasteiger partial charge is 0.301 e. The minimum absolute atomic E-state index is 0.145. The van der Waals surface area contributed by atoms with Gasteiger partial charge in [-0.1, -0.05) is 15.9 Å². The van der Waals surface area contributed by atoms with Crippen molar-refractivity contribution < 1.29 is 13.2 Å². The summed E-state index contributed by atoms with van der Waals surface area (Å²) in [7, 11) is 0. The highest BCUT2D eigenvalue weighted by Gasteiger charge is 2.02. The van der Waals surface area contributed by atoms with E-state index in [0.717, 1.165) is 11.8 Å². The van der Waals surface area contributed by atoms with Gasteiger partial charge in [0, 0.05) is 11.8 Å². The first kappa shape index (κ1) is 10.0. The van der Waals surface area contributed by atoms with Gasteiger partial charge in [-0.25, -0.2) is 4.39 Å². The fourth-order valence-electron chi connectivity index (χ4n) is 0.469. The van der Waals surface area contributed by atoms with Crippen molar-refractivity contribution in [3.8, 4) is 0 Å². The highest BCUT2D eigenvalue weighted by atomic mass is 79.9. The Morgan fingerprint density at radius 3 is 2.10 bits per heavy atom. The molecule has 0 unspecified atom stereocenters. The van der Waals surface area contributed by atoms with Gasteiger partial charge in [0.15, 0.2) is 5.83 Å². The molecule has 0 aromatic rings. The van der Waals surface area contributed by atoms with Crippen LogP contribution in [0.3, 0.4) is 0 Å². The van der Waals surface area contributed by atoms with E-state index in [1.54, 1.807) is 0 Å². The molecular formula is C6H8BrF3. The maximum absolute atomic E-state index is 12.0. The van der Waals surface area contributed by atoms with Gasteiger partial charge in [0.25, 0.3) is 0 Å². The third kappa shape index (κ3) is 4.85. The molecule has 0 aromatic heterocycles. The SMILES string of the molecule is FC(F)=C(F)CCCCBr. The van der Waals surface area contributed by atoms with E-state index in [1.165, 1.54) is 0 Å². The van der Waals surface area contributed by atoms with Crippen molar-refractivity contribution in [2.24, 2.45) is 0 Å². The van der Waals surface area contributed by atoms with Gasteiger partial charge >= 0.3 is 6.08 Å². The number of hydrogen-bond acceptors (Lipinski definition) is 0. The van der Waals surface area contributed by atoms with Crippen LogP contribution < -0.4 is 0 Å². The molecular weight excluding hydrogens is 209 g/mol. The molecule has 0 atom stereocenters. The Bertz CT molecular complexity index is 118. The van der Waals surface area contributed by atoms with Crippen molar-refractivity contribution in [1.29, 1.82) is 0 Å². The molecule has 0 spiro atoms. The van der Waals surface area contributed by atoms with E-state index in [4.69, 9.17) is 0 Å². The number of unbranched alkanes of at least 4 members (excludes halogenated alkanes) is 1. The van der Waals surface area contributed by atoms with Crippen LogP contribution >= 0.6 is 15.9 Å². The summed E-state index contributed by atoms with van der Waals surface area (Å²) < 4.78 is 34.7. The molecule has 0 N–H and O–H groups in total. The molecule has 0 nitrogen and oxygen atoms in total. The third-order valence-electron chi connectivity index (χ3n) is 0.985. The number of rotatable bonds is 4. The molecule has 60 valence electrons. The normalized spacial score (nSPS) is 9.60. The van der Waals surface area contributed by atoms with E-state index in [2.05, 4.69) is 15.9 Å². The van der Waals surface area contributed by atoms with Crippen LogP contribution in [0.1, 0.15) is 19.3 Å². The fourth-order valence-corrected chi connectivity index (χ4v) is 0.866. The van der Waals surface area contributed by atoms with Crippen LogP contribution in [0.2, 0.25) is 0 Å². The Morgan fingerprint density at radius 1 is 1.10 bits per heavy atom. The van der Waals surface area contributed by atoms with Crippen LogP contribution in [0.4, 0.5) is 13.2 Å². The first-order valence-electron chi connectivity index (χ1n) is 2.94. The summed E-state index contributed by atoms with van der Waals surface area (Å²) in [4.78, 5) is 0. The molecule has 0 rings (SSSR count). The number of halogens is 4. The smallest absolute Gasteiger partial charge is 0.206 e. The van der Waals surface area contributed by atoms with Gasteiger partial charge in [-0.2, -0.15) is 8.78 Å². The van der Waals surface area contributed by atoms with Crippen LogP contribution in [-0.2, 0) is 0 Å². The monoisotopic (exact) mass is 216 g/mol. The summed E-state index contributed by atoms with van der Waals surface area (Å²) in [5, 5.41) is 0.730. The lowest BCUT2D eigenvalue weighted by Crippen LogP contribution is -1.79. The van der Waals surface area contributed by atoms with Gasteiger partial charge in [-0.3, -0.25) is 0 Å². The lowest BCUT2D eigenvalue weighted by molar-refractivity contribution is 0.368. The van der Waals surface area contributed by atoms with Gasteiger partial charge in [0.2, 0.25) is 0 Å². The molecule has 0 aliphatic heterocycles. The van der Waals surface area contributed by atoms with Crippen molar-refractivity contribution in [3.05, 3.63) is 11.9 Å². The molecule has 0 bridgehead atoms. The minimum atomic E-state index is -2.19. The molecule has 0 saturated heterocycles. The first-order valence-corrected chi connectivity index (χ1v) is 4.06. The van der Waals surface area contributed by atoms with Gasteiger partial charge < -0.3 is 0 Å². The lowest BCUT2D eigenvalue weighted by atomic mass is 10.2. The Labute approximate surface area is 66.2 Å². The highest BCUT2D eigenvalue weighted by molar-refractivity contribution is 9.09. The number of alkyl halides is 1. The fraction of sp³-hybridized carbons (Fsp3) is 0.667. The topological polar surface area (TPSA) is 0 Å². The van der Waals surface area contributed by atoms with E-state index in [1.807, 2.05) is 0 Å². The van der Waals surface area contributed by atoms with Crippen LogP contribution in [0, 0.1) is 0 Å². The van der Waals surface area contributed by atoms with Gasteiger partial charge in [-0.05, 0) is 12.8 Å². The second-order valence-electron chi connectivity index (χ2n) is 1.81. The highest BCUT2D eigenvalue weighted by Crippen LogP contribution is 2.15. The van der Waals surface area contributed by atoms with E-state index in [0.29, 0.717) is 6.42 Å². The van der Waals surface area contributed by atoms with Crippen molar-refractivity contribution >= 4 is 15.9 Å². The van der Waals surface area contributed by atoms with Crippen molar-refractivity contribution in [2.75, 3.05) is 5.33 Å². The van der Waals surface area contributed by atoms with Gasteiger partial charge in [0.05, 0.1) is 0 Å². The van der Waals surface area contributed by atoms with Gasteiger partial charge in [-0.15, -0.1) is 0 Å². The molecule has 0 fully saturated rings. The molecule has 0 saturated carbocycles. The van der Waals surface area contributed by atoms with Crippen LogP contribution in [-0.4, -0.2) is 5.33 Å². The third-order valence-corrected chi connectivity index (χ3v) is 1.55. The van der Waals surface area contributed by atoms with Crippen LogP contribution in [0.25, 0.3) is 0 Å². The van der Waals surface area contributed by atoms with Gasteiger partial charge in [0.1, 0.15) is 0 Å². The maximum atomic E-state index is 12.0. The first-order chi connectivity index (χ1) is 4.68. The predicted molar refractivity (Wildman–Crippen MR) is 38.0 cm³/mol. The summed E-state index contributed by atoms with van der Waals surface area (Å²) in [5.41, 5.74) is 0. The zero-order valence-electron chi connectivity index (χ0n) is 5.34. The Morgan fingerprint density at radius 2 is 1.70 bits per heavy atom. The molecule has 0 aliphatic carbocycles. The minimum Gasteiger partial charge on any atom is -0.206 e. The molecule has 10 heavy (non-hydrogen) atoms. The van der Waals surface area contributed by atoms with Crippen LogP contribution in [0.15, 0.2) is 11.9 Å². The lowest BCUT2D eigenvalue weighted by Gasteiger charge is -1.93. The van der Waals surface area contributed by atoms with Crippen molar-refractivity contribution in [1.82, 2.24) is 0 Å². The Hall–Kier alpha value is 0.01000. The zero-order valence-corrected chi connectivity index (χ0v) is 6.93. The standard InChI is InChI=1S/C6H8BrF3/c7-4-2-1-3-5(8)6(9)10/h1-4H2. The molecule has 0 aliphatic rings. The molecule has 0 aromatic carbocycles. The van der Waals surface area contributed by atoms with Crippen molar-refractivity contribution in [3.63, 3.8) is 0 Å². The summed E-state index contributed by atoms with van der Waals surface area (Å²) in [6.07, 6.45) is -1.14. The van der Waals surface area contributed by atoms with Crippen molar-refractivity contribution in [2.45, 2.75) is 19.3 Å². The summed E-state index contributed by atoms with van der Waals surface area (Å²) in [5.74, 6) is -1.28. The number of allylic oxidation sites excluding steroid dienone is 1.